The summed E-state index contributed by atoms with van der Waals surface area (Å²) in [6.07, 6.45) is -9.90. The third-order valence-corrected chi connectivity index (χ3v) is 2.96. The summed E-state index contributed by atoms with van der Waals surface area (Å²) >= 11 is 0. The van der Waals surface area contributed by atoms with Crippen molar-refractivity contribution in [2.24, 2.45) is 0 Å². The lowest BCUT2D eigenvalue weighted by atomic mass is 10.1. The largest absolute Gasteiger partial charge is 0.480 e. The predicted molar refractivity (Wildman–Crippen MR) is 71.4 cm³/mol. The van der Waals surface area contributed by atoms with Gasteiger partial charge in [0.05, 0.1) is 0 Å². The molecule has 0 unspecified atom stereocenters. The highest BCUT2D eigenvalue weighted by Crippen LogP contribution is 2.39. The van der Waals surface area contributed by atoms with Crippen LogP contribution in [0.5, 0.6) is 0 Å². The Bertz CT molecular complexity index is 562. The van der Waals surface area contributed by atoms with Crippen molar-refractivity contribution in [3.8, 4) is 0 Å². The molecule has 0 spiro atoms. The van der Waals surface area contributed by atoms with Crippen LogP contribution in [0.3, 0.4) is 0 Å². The molecule has 0 fully saturated rings. The van der Waals surface area contributed by atoms with Crippen LogP contribution in [0.15, 0.2) is 30.3 Å². The summed E-state index contributed by atoms with van der Waals surface area (Å²) in [5.74, 6) is -6.79. The number of hydrogen-bond acceptors (Lipinski definition) is 3. The van der Waals surface area contributed by atoms with Gasteiger partial charge in [0.25, 0.3) is 0 Å². The Morgan fingerprint density at radius 2 is 1.71 bits per heavy atom. The number of hydrogen-bond donors (Lipinski definition) is 2. The van der Waals surface area contributed by atoms with Gasteiger partial charge in [0.15, 0.2) is 0 Å². The maximum absolute atomic E-state index is 12.8. The molecule has 5 nitrogen and oxygen atoms in total. The Balaban J connectivity index is 2.54. The van der Waals surface area contributed by atoms with Crippen molar-refractivity contribution in [3.05, 3.63) is 35.9 Å². The van der Waals surface area contributed by atoms with Crippen LogP contribution in [0.25, 0.3) is 0 Å². The lowest BCUT2D eigenvalue weighted by Gasteiger charge is -2.21. The first-order valence-corrected chi connectivity index (χ1v) is 6.67. The molecule has 10 heteroatoms. The van der Waals surface area contributed by atoms with E-state index in [2.05, 4.69) is 4.74 Å². The summed E-state index contributed by atoms with van der Waals surface area (Å²) in [6, 6.07) is 6.34. The van der Waals surface area contributed by atoms with Crippen molar-refractivity contribution in [3.63, 3.8) is 0 Å². The molecule has 0 aliphatic heterocycles. The van der Waals surface area contributed by atoms with Crippen LogP contribution in [0.4, 0.5) is 26.7 Å². The van der Waals surface area contributed by atoms with E-state index in [1.165, 1.54) is 0 Å². The third kappa shape index (κ3) is 6.01. The average Bonchev–Trinajstić information content (AvgIpc) is 2.49. The van der Waals surface area contributed by atoms with Crippen molar-refractivity contribution >= 4 is 12.1 Å². The molecule has 0 aliphatic rings. The summed E-state index contributed by atoms with van der Waals surface area (Å²) in [5.41, 5.74) is 0.586. The average molecular weight is 355 g/mol. The lowest BCUT2D eigenvalue weighted by Crippen LogP contribution is -2.44. The number of aliphatic carboxylic acids is 1. The minimum absolute atomic E-state index is 0.211. The van der Waals surface area contributed by atoms with E-state index in [1.54, 1.807) is 35.6 Å². The first-order valence-electron chi connectivity index (χ1n) is 6.67. The van der Waals surface area contributed by atoms with Crippen molar-refractivity contribution in [1.29, 1.82) is 0 Å². The third-order valence-electron chi connectivity index (χ3n) is 2.96. The monoisotopic (exact) mass is 355 g/mol. The number of nitrogens with one attached hydrogen (secondary N) is 1. The Morgan fingerprint density at radius 3 is 2.21 bits per heavy atom. The van der Waals surface area contributed by atoms with E-state index in [1.807, 2.05) is 0 Å². The van der Waals surface area contributed by atoms with Gasteiger partial charge in [-0.25, -0.2) is 9.59 Å². The zero-order valence-electron chi connectivity index (χ0n) is 12.1. The molecule has 0 heterocycles. The van der Waals surface area contributed by atoms with Gasteiger partial charge in [-0.2, -0.15) is 22.0 Å². The number of carboxylic acids is 1. The molecule has 1 aromatic rings. The van der Waals surface area contributed by atoms with Crippen LogP contribution >= 0.6 is 0 Å². The van der Waals surface area contributed by atoms with Crippen LogP contribution in [0, 0.1) is 0 Å². The smallest absolute Gasteiger partial charge is 0.453 e. The number of alkyl carbamates (subject to hydrolysis) is 1. The molecule has 134 valence electrons. The van der Waals surface area contributed by atoms with E-state index in [4.69, 9.17) is 5.11 Å². The minimum atomic E-state index is -5.79. The minimum Gasteiger partial charge on any atom is -0.480 e. The second-order valence-electron chi connectivity index (χ2n) is 4.84. The number of benzene rings is 1. The first kappa shape index (κ1) is 19.7. The molecule has 0 aromatic heterocycles. The normalized spacial score (nSPS) is 13.2. The topological polar surface area (TPSA) is 75.6 Å². The van der Waals surface area contributed by atoms with Gasteiger partial charge < -0.3 is 15.2 Å². The zero-order chi connectivity index (χ0) is 18.4. The fourth-order valence-corrected chi connectivity index (χ4v) is 1.63. The fraction of sp³-hybridized carbons (Fsp3) is 0.429. The van der Waals surface area contributed by atoms with E-state index in [0.29, 0.717) is 5.56 Å². The Kier molecular flexibility index (Phi) is 6.50. The summed E-state index contributed by atoms with van der Waals surface area (Å²) < 4.78 is 66.4. The molecular formula is C14H14F5NO4. The van der Waals surface area contributed by atoms with E-state index in [0.717, 1.165) is 0 Å². The Labute approximate surface area is 133 Å². The molecular weight excluding hydrogens is 341 g/mol. The van der Waals surface area contributed by atoms with Gasteiger partial charge in [-0.15, -0.1) is 0 Å². The number of alkyl halides is 5. The number of carbonyl (C=O) groups excluding carboxylic acids is 1. The first-order chi connectivity index (χ1) is 11.0. The molecule has 0 bridgehead atoms. The molecule has 1 atom stereocenters. The van der Waals surface area contributed by atoms with Gasteiger partial charge >= 0.3 is 24.2 Å². The molecule has 0 radical (unpaired) electrons. The summed E-state index contributed by atoms with van der Waals surface area (Å²) in [4.78, 5) is 22.3. The quantitative estimate of drug-likeness (QED) is 0.736. The zero-order valence-corrected chi connectivity index (χ0v) is 12.1. The van der Waals surface area contributed by atoms with Crippen LogP contribution in [0.2, 0.25) is 0 Å². The van der Waals surface area contributed by atoms with Crippen molar-refractivity contribution in [1.82, 2.24) is 5.32 Å². The number of amides is 1. The van der Waals surface area contributed by atoms with Gasteiger partial charge in [0.2, 0.25) is 0 Å². The Morgan fingerprint density at radius 1 is 1.12 bits per heavy atom. The van der Waals surface area contributed by atoms with Crippen LogP contribution < -0.4 is 5.32 Å². The number of rotatable bonds is 7. The fourth-order valence-electron chi connectivity index (χ4n) is 1.63. The Hall–Kier alpha value is -2.39. The molecule has 24 heavy (non-hydrogen) atoms. The molecule has 0 saturated carbocycles. The van der Waals surface area contributed by atoms with Crippen LogP contribution in [-0.2, 0) is 16.1 Å². The van der Waals surface area contributed by atoms with Gasteiger partial charge in [-0.05, 0) is 12.0 Å². The van der Waals surface area contributed by atoms with Gasteiger partial charge in [-0.1, -0.05) is 30.3 Å². The maximum Gasteiger partial charge on any atom is 0.453 e. The molecule has 1 amide bonds. The second kappa shape index (κ2) is 7.93. The van der Waals surface area contributed by atoms with Gasteiger partial charge in [-0.3, -0.25) is 0 Å². The maximum atomic E-state index is 12.8. The van der Waals surface area contributed by atoms with Crippen molar-refractivity contribution < 1.29 is 41.4 Å². The predicted octanol–water partition coefficient (Wildman–Crippen LogP) is 3.34. The lowest BCUT2D eigenvalue weighted by molar-refractivity contribution is -0.284. The summed E-state index contributed by atoms with van der Waals surface area (Å²) in [6.45, 7) is -0.211. The number of ether oxygens (including phenoxy) is 1. The standard InChI is InChI=1S/C14H14F5NO4/c15-13(16,14(17,18)19)7-6-10(11(21)22)20-12(23)24-8-9-4-2-1-3-5-9/h1-5,10H,6-8H2,(H,20,23)(H,21,22)/t10-/m0/s1. The number of carbonyl (C=O) groups is 2. The van der Waals surface area contributed by atoms with E-state index >= 15 is 0 Å². The SMILES string of the molecule is O=C(N[C@@H](CCC(F)(F)C(F)(F)F)C(=O)O)OCc1ccccc1. The van der Waals surface area contributed by atoms with Crippen molar-refractivity contribution in [2.75, 3.05) is 0 Å². The highest BCUT2D eigenvalue weighted by molar-refractivity contribution is 5.79. The van der Waals surface area contributed by atoms with E-state index < -0.39 is 43.0 Å². The highest BCUT2D eigenvalue weighted by Gasteiger charge is 2.57. The summed E-state index contributed by atoms with van der Waals surface area (Å²) in [7, 11) is 0. The number of carboxylic acid groups (broad SMARTS) is 1. The van der Waals surface area contributed by atoms with Gasteiger partial charge in [0.1, 0.15) is 12.6 Å². The van der Waals surface area contributed by atoms with Crippen molar-refractivity contribution in [2.45, 2.75) is 37.6 Å². The van der Waals surface area contributed by atoms with Crippen LogP contribution in [-0.4, -0.2) is 35.3 Å². The summed E-state index contributed by atoms with van der Waals surface area (Å²) in [5, 5.41) is 10.6. The molecule has 0 saturated heterocycles. The van der Waals surface area contributed by atoms with Gasteiger partial charge in [0, 0.05) is 6.42 Å². The molecule has 2 N–H and O–H groups in total. The highest BCUT2D eigenvalue weighted by atomic mass is 19.4. The number of halogens is 5. The second-order valence-corrected chi connectivity index (χ2v) is 4.84. The molecule has 1 rings (SSSR count). The molecule has 0 aliphatic carbocycles. The van der Waals surface area contributed by atoms with E-state index in [-0.39, 0.29) is 6.61 Å². The molecule has 1 aromatic carbocycles. The van der Waals surface area contributed by atoms with Crippen LogP contribution in [0.1, 0.15) is 18.4 Å². The van der Waals surface area contributed by atoms with E-state index in [9.17, 15) is 31.5 Å².